The summed E-state index contributed by atoms with van der Waals surface area (Å²) < 4.78 is 1.66. The highest BCUT2D eigenvalue weighted by molar-refractivity contribution is 5.84. The monoisotopic (exact) mass is 294 g/mol. The normalized spacial score (nSPS) is 22.1. The second-order valence-electron chi connectivity index (χ2n) is 5.71. The number of amides is 2. The van der Waals surface area contributed by atoms with Crippen LogP contribution in [0.5, 0.6) is 0 Å². The molecule has 1 fully saturated rings. The number of aromatic carboxylic acids is 1. The number of imidazole rings is 1. The van der Waals surface area contributed by atoms with Gasteiger partial charge in [0.05, 0.1) is 6.33 Å². The zero-order chi connectivity index (χ0) is 15.4. The molecule has 21 heavy (non-hydrogen) atoms. The molecule has 0 aromatic carbocycles. The molecule has 2 N–H and O–H groups in total. The molecule has 0 spiro atoms. The van der Waals surface area contributed by atoms with E-state index in [4.69, 9.17) is 5.11 Å². The molecule has 116 valence electrons. The summed E-state index contributed by atoms with van der Waals surface area (Å²) in [7, 11) is 0. The maximum atomic E-state index is 12.1. The average Bonchev–Trinajstić information content (AvgIpc) is 2.87. The number of aromatic nitrogens is 2. The molecule has 7 nitrogen and oxygen atoms in total. The standard InChI is InChI=1S/C14H22N4O3/c1-10-3-5-18(11(2)7-10)14(21)15-4-6-17-8-12(13(19)20)16-9-17/h8-11H,3-7H2,1-2H3,(H,15,21)(H,19,20). The molecule has 2 rings (SSSR count). The molecule has 0 bridgehead atoms. The Hall–Kier alpha value is -2.05. The number of hydrogen-bond acceptors (Lipinski definition) is 3. The Labute approximate surface area is 124 Å². The van der Waals surface area contributed by atoms with E-state index in [1.165, 1.54) is 12.5 Å². The lowest BCUT2D eigenvalue weighted by atomic mass is 9.94. The van der Waals surface area contributed by atoms with Gasteiger partial charge in [0, 0.05) is 31.9 Å². The number of piperidine rings is 1. The summed E-state index contributed by atoms with van der Waals surface area (Å²) in [5.74, 6) is -0.376. The van der Waals surface area contributed by atoms with Crippen molar-refractivity contribution in [3.05, 3.63) is 18.2 Å². The first-order valence-corrected chi connectivity index (χ1v) is 7.27. The molecule has 2 amide bonds. The number of carbonyl (C=O) groups excluding carboxylic acids is 1. The van der Waals surface area contributed by atoms with Crippen LogP contribution in [0.1, 0.15) is 37.2 Å². The highest BCUT2D eigenvalue weighted by Crippen LogP contribution is 2.21. The SMILES string of the molecule is CC1CCN(C(=O)NCCn2cnc(C(=O)O)c2)C(C)C1. The number of urea groups is 1. The van der Waals surface area contributed by atoms with Crippen molar-refractivity contribution >= 4 is 12.0 Å². The molecule has 2 atom stereocenters. The summed E-state index contributed by atoms with van der Waals surface area (Å²) in [5, 5.41) is 11.7. The minimum Gasteiger partial charge on any atom is -0.476 e. The fraction of sp³-hybridized carbons (Fsp3) is 0.643. The highest BCUT2D eigenvalue weighted by atomic mass is 16.4. The van der Waals surface area contributed by atoms with Crippen LogP contribution in [0.15, 0.2) is 12.5 Å². The lowest BCUT2D eigenvalue weighted by Crippen LogP contribution is -2.49. The van der Waals surface area contributed by atoms with Crippen molar-refractivity contribution in [2.45, 2.75) is 39.3 Å². The molecule has 7 heteroatoms. The van der Waals surface area contributed by atoms with Crippen molar-refractivity contribution in [2.24, 2.45) is 5.92 Å². The van der Waals surface area contributed by atoms with Crippen LogP contribution in [0, 0.1) is 5.92 Å². The minimum absolute atomic E-state index is 0.0139. The van der Waals surface area contributed by atoms with Crippen molar-refractivity contribution in [1.29, 1.82) is 0 Å². The van der Waals surface area contributed by atoms with Crippen molar-refractivity contribution in [3.8, 4) is 0 Å². The minimum atomic E-state index is -1.05. The quantitative estimate of drug-likeness (QED) is 0.879. The summed E-state index contributed by atoms with van der Waals surface area (Å²) in [6.07, 6.45) is 5.00. The van der Waals surface area contributed by atoms with Gasteiger partial charge in [0.2, 0.25) is 0 Å². The van der Waals surface area contributed by atoms with E-state index in [2.05, 4.69) is 24.1 Å². The fourth-order valence-electron chi connectivity index (χ4n) is 2.70. The van der Waals surface area contributed by atoms with Gasteiger partial charge >= 0.3 is 12.0 Å². The van der Waals surface area contributed by atoms with Gasteiger partial charge in [-0.15, -0.1) is 0 Å². The summed E-state index contributed by atoms with van der Waals surface area (Å²) in [6.45, 7) is 6.04. The van der Waals surface area contributed by atoms with Gasteiger partial charge in [0.1, 0.15) is 0 Å². The van der Waals surface area contributed by atoms with Gasteiger partial charge < -0.3 is 19.9 Å². The molecule has 2 heterocycles. The van der Waals surface area contributed by atoms with Crippen molar-refractivity contribution in [2.75, 3.05) is 13.1 Å². The van der Waals surface area contributed by atoms with Crippen LogP contribution < -0.4 is 5.32 Å². The fourth-order valence-corrected chi connectivity index (χ4v) is 2.70. The Morgan fingerprint density at radius 2 is 2.24 bits per heavy atom. The molecule has 1 aromatic rings. The topological polar surface area (TPSA) is 87.5 Å². The van der Waals surface area contributed by atoms with E-state index < -0.39 is 5.97 Å². The predicted octanol–water partition coefficient (Wildman–Crippen LogP) is 1.41. The van der Waals surface area contributed by atoms with Crippen molar-refractivity contribution < 1.29 is 14.7 Å². The first-order valence-electron chi connectivity index (χ1n) is 7.27. The number of hydrogen-bond donors (Lipinski definition) is 2. The number of carbonyl (C=O) groups is 2. The Morgan fingerprint density at radius 3 is 2.86 bits per heavy atom. The molecular formula is C14H22N4O3. The third-order valence-electron chi connectivity index (χ3n) is 3.90. The van der Waals surface area contributed by atoms with Crippen LogP contribution in [0.2, 0.25) is 0 Å². The molecule has 1 aliphatic rings. The van der Waals surface area contributed by atoms with Gasteiger partial charge in [-0.2, -0.15) is 0 Å². The number of likely N-dealkylation sites (tertiary alicyclic amines) is 1. The number of nitrogens with one attached hydrogen (secondary N) is 1. The molecule has 0 radical (unpaired) electrons. The van der Waals surface area contributed by atoms with Crippen LogP contribution in [0.4, 0.5) is 4.79 Å². The van der Waals surface area contributed by atoms with E-state index in [0.717, 1.165) is 19.4 Å². The summed E-state index contributed by atoms with van der Waals surface area (Å²) >= 11 is 0. The van der Waals surface area contributed by atoms with Crippen LogP contribution in [-0.4, -0.2) is 50.7 Å². The van der Waals surface area contributed by atoms with E-state index in [-0.39, 0.29) is 17.8 Å². The molecular weight excluding hydrogens is 272 g/mol. The maximum Gasteiger partial charge on any atom is 0.356 e. The second kappa shape index (κ2) is 6.60. The van der Waals surface area contributed by atoms with Gasteiger partial charge in [-0.3, -0.25) is 0 Å². The molecule has 1 aliphatic heterocycles. The Morgan fingerprint density at radius 1 is 1.48 bits per heavy atom. The lowest BCUT2D eigenvalue weighted by molar-refractivity contribution is 0.0691. The van der Waals surface area contributed by atoms with Gasteiger partial charge in [-0.05, 0) is 25.7 Å². The molecule has 1 saturated heterocycles. The van der Waals surface area contributed by atoms with E-state index in [9.17, 15) is 9.59 Å². The Bertz CT molecular complexity index is 514. The first kappa shape index (κ1) is 15.3. The van der Waals surface area contributed by atoms with E-state index in [0.29, 0.717) is 19.0 Å². The number of carboxylic acid groups (broad SMARTS) is 1. The zero-order valence-electron chi connectivity index (χ0n) is 12.5. The van der Waals surface area contributed by atoms with E-state index >= 15 is 0 Å². The van der Waals surface area contributed by atoms with Gasteiger partial charge in [0.25, 0.3) is 0 Å². The number of rotatable bonds is 4. The summed E-state index contributed by atoms with van der Waals surface area (Å²) in [5.41, 5.74) is 0.0139. The number of nitrogens with zero attached hydrogens (tertiary/aromatic N) is 3. The zero-order valence-corrected chi connectivity index (χ0v) is 12.5. The summed E-state index contributed by atoms with van der Waals surface area (Å²) in [4.78, 5) is 28.5. The Kier molecular flexibility index (Phi) is 4.82. The van der Waals surface area contributed by atoms with Gasteiger partial charge in [-0.25, -0.2) is 14.6 Å². The molecule has 0 aliphatic carbocycles. The number of carboxylic acids is 1. The third-order valence-corrected chi connectivity index (χ3v) is 3.90. The molecule has 2 unspecified atom stereocenters. The van der Waals surface area contributed by atoms with Gasteiger partial charge in [-0.1, -0.05) is 6.92 Å². The third kappa shape index (κ3) is 3.96. The van der Waals surface area contributed by atoms with Crippen molar-refractivity contribution in [3.63, 3.8) is 0 Å². The maximum absolute atomic E-state index is 12.1. The van der Waals surface area contributed by atoms with Crippen LogP contribution in [-0.2, 0) is 6.54 Å². The molecule has 1 aromatic heterocycles. The highest BCUT2D eigenvalue weighted by Gasteiger charge is 2.26. The second-order valence-corrected chi connectivity index (χ2v) is 5.71. The first-order chi connectivity index (χ1) is 9.97. The Balaban J connectivity index is 1.77. The largest absolute Gasteiger partial charge is 0.476 e. The van der Waals surface area contributed by atoms with E-state index in [1.54, 1.807) is 4.57 Å². The summed E-state index contributed by atoms with van der Waals surface area (Å²) in [6, 6.07) is 0.216. The van der Waals surface area contributed by atoms with Crippen LogP contribution >= 0.6 is 0 Å². The average molecular weight is 294 g/mol. The predicted molar refractivity (Wildman–Crippen MR) is 77.2 cm³/mol. The van der Waals surface area contributed by atoms with Crippen molar-refractivity contribution in [1.82, 2.24) is 19.8 Å². The lowest BCUT2D eigenvalue weighted by Gasteiger charge is -2.36. The van der Waals surface area contributed by atoms with Crippen LogP contribution in [0.25, 0.3) is 0 Å². The van der Waals surface area contributed by atoms with E-state index in [1.807, 2.05) is 4.90 Å². The van der Waals surface area contributed by atoms with Gasteiger partial charge in [0.15, 0.2) is 5.69 Å². The van der Waals surface area contributed by atoms with Crippen LogP contribution in [0.3, 0.4) is 0 Å². The molecule has 0 saturated carbocycles. The smallest absolute Gasteiger partial charge is 0.356 e.